The maximum Gasteiger partial charge on any atom is 0.0893 e. The molecule has 280 valence electrons. The molecule has 0 N–H and O–H groups in total. The van der Waals surface area contributed by atoms with E-state index in [2.05, 4.69) is 193 Å². The second kappa shape index (κ2) is 14.0. The first-order chi connectivity index (χ1) is 29.8. The molecule has 0 amide bonds. The number of aromatic nitrogens is 2. The van der Waals surface area contributed by atoms with Gasteiger partial charge in [-0.1, -0.05) is 164 Å². The molecule has 2 nitrogen and oxygen atoms in total. The van der Waals surface area contributed by atoms with Gasteiger partial charge in [0.1, 0.15) is 0 Å². The largest absolute Gasteiger partial charge is 0.255 e. The van der Waals surface area contributed by atoms with Gasteiger partial charge in [0.05, 0.1) is 17.1 Å². The van der Waals surface area contributed by atoms with E-state index in [9.17, 15) is 0 Å². The van der Waals surface area contributed by atoms with Gasteiger partial charge < -0.3 is 0 Å². The van der Waals surface area contributed by atoms with Gasteiger partial charge in [0.25, 0.3) is 0 Å². The third-order valence-corrected chi connectivity index (χ3v) is 12.7. The van der Waals surface area contributed by atoms with Crippen LogP contribution in [0.2, 0.25) is 0 Å². The molecule has 0 saturated heterocycles. The number of benzene rings is 8. The van der Waals surface area contributed by atoms with Crippen molar-refractivity contribution < 1.29 is 0 Å². The zero-order valence-corrected chi connectivity index (χ0v) is 32.8. The zero-order valence-electron chi connectivity index (χ0n) is 32.8. The van der Waals surface area contributed by atoms with Gasteiger partial charge in [0, 0.05) is 23.6 Å². The number of hydrogen-bond acceptors (Lipinski definition) is 2. The van der Waals surface area contributed by atoms with Gasteiger partial charge in [0.15, 0.2) is 0 Å². The monoisotopic (exact) mass is 762 g/mol. The number of fused-ring (bicyclic) bond motifs is 5. The molecule has 2 aromatic heterocycles. The van der Waals surface area contributed by atoms with Crippen molar-refractivity contribution in [1.82, 2.24) is 9.97 Å². The van der Waals surface area contributed by atoms with Crippen LogP contribution >= 0.6 is 0 Å². The summed E-state index contributed by atoms with van der Waals surface area (Å²) >= 11 is 0. The van der Waals surface area contributed by atoms with Crippen molar-refractivity contribution in [3.8, 4) is 44.9 Å². The molecule has 60 heavy (non-hydrogen) atoms. The molecule has 2 aliphatic carbocycles. The van der Waals surface area contributed by atoms with E-state index in [1.54, 1.807) is 0 Å². The molecule has 12 rings (SSSR count). The van der Waals surface area contributed by atoms with Crippen LogP contribution in [0.4, 0.5) is 0 Å². The molecule has 2 heteroatoms. The van der Waals surface area contributed by atoms with E-state index in [1.165, 1.54) is 82.1 Å². The zero-order chi connectivity index (χ0) is 39.6. The second-order valence-corrected chi connectivity index (χ2v) is 16.0. The van der Waals surface area contributed by atoms with Gasteiger partial charge in [-0.2, -0.15) is 0 Å². The average molecular weight is 763 g/mol. The van der Waals surface area contributed by atoms with Crippen molar-refractivity contribution in [3.63, 3.8) is 0 Å². The highest BCUT2D eigenvalue weighted by Crippen LogP contribution is 2.58. The van der Waals surface area contributed by atoms with E-state index in [4.69, 9.17) is 4.98 Å². The minimum absolute atomic E-state index is 0.157. The Morgan fingerprint density at radius 2 is 0.933 bits per heavy atom. The summed E-state index contributed by atoms with van der Waals surface area (Å²) in [5.41, 5.74) is 16.6. The Balaban J connectivity index is 1.10. The first-order valence-corrected chi connectivity index (χ1v) is 20.8. The van der Waals surface area contributed by atoms with E-state index >= 15 is 0 Å². The van der Waals surface area contributed by atoms with E-state index in [-0.39, 0.29) is 11.8 Å². The fourth-order valence-electron chi connectivity index (χ4n) is 10.1. The lowest BCUT2D eigenvalue weighted by Crippen LogP contribution is -2.38. The van der Waals surface area contributed by atoms with Crippen LogP contribution in [0.15, 0.2) is 219 Å². The molecule has 0 bridgehead atoms. The quantitative estimate of drug-likeness (QED) is 0.169. The predicted molar refractivity (Wildman–Crippen MR) is 248 cm³/mol. The Labute approximate surface area is 349 Å². The molecule has 0 radical (unpaired) electrons. The van der Waals surface area contributed by atoms with Crippen LogP contribution < -0.4 is 10.4 Å². The van der Waals surface area contributed by atoms with E-state index in [0.29, 0.717) is 0 Å². The van der Waals surface area contributed by atoms with Crippen LogP contribution in [0.5, 0.6) is 0 Å². The minimum Gasteiger partial charge on any atom is -0.255 e. The molecule has 0 fully saturated rings. The van der Waals surface area contributed by atoms with Crippen LogP contribution in [-0.4, -0.2) is 9.97 Å². The molecule has 0 aliphatic heterocycles. The van der Waals surface area contributed by atoms with E-state index in [0.717, 1.165) is 28.2 Å². The van der Waals surface area contributed by atoms with Crippen molar-refractivity contribution in [3.05, 3.63) is 251 Å². The molecule has 8 aromatic carbocycles. The van der Waals surface area contributed by atoms with Gasteiger partial charge in [-0.05, 0) is 136 Å². The molecule has 2 aliphatic rings. The Hall–Kier alpha value is -7.68. The molecular formula is C58H38N2. The molecule has 2 atom stereocenters. The molecular weight excluding hydrogens is 725 g/mol. The smallest absolute Gasteiger partial charge is 0.0893 e. The lowest BCUT2D eigenvalue weighted by Gasteiger charge is -2.32. The Morgan fingerprint density at radius 1 is 0.333 bits per heavy atom. The maximum atomic E-state index is 5.21. The normalized spacial score (nSPS) is 15.3. The molecule has 0 spiro atoms. The lowest BCUT2D eigenvalue weighted by atomic mass is 9.70. The first-order valence-electron chi connectivity index (χ1n) is 20.8. The Kier molecular flexibility index (Phi) is 8.02. The highest BCUT2D eigenvalue weighted by Gasteiger charge is 2.42. The summed E-state index contributed by atoms with van der Waals surface area (Å²) in [5.74, 6) is 0.314. The summed E-state index contributed by atoms with van der Waals surface area (Å²) < 4.78 is 0. The minimum atomic E-state index is 0.157. The highest BCUT2D eigenvalue weighted by molar-refractivity contribution is 6.07. The number of pyridine rings is 2. The van der Waals surface area contributed by atoms with Crippen molar-refractivity contribution in [1.29, 1.82) is 0 Å². The van der Waals surface area contributed by atoms with Crippen molar-refractivity contribution >= 4 is 32.7 Å². The summed E-state index contributed by atoms with van der Waals surface area (Å²) in [5, 5.41) is 7.75. The fourth-order valence-corrected chi connectivity index (χ4v) is 10.1. The van der Waals surface area contributed by atoms with Crippen LogP contribution in [0.3, 0.4) is 0 Å². The topological polar surface area (TPSA) is 25.8 Å². The van der Waals surface area contributed by atoms with Crippen molar-refractivity contribution in [2.24, 2.45) is 0 Å². The third-order valence-electron chi connectivity index (χ3n) is 12.7. The lowest BCUT2D eigenvalue weighted by molar-refractivity contribution is 0.791. The summed E-state index contributed by atoms with van der Waals surface area (Å²) in [6, 6.07) is 77.7. The summed E-state index contributed by atoms with van der Waals surface area (Å²) in [4.78, 5) is 9.83. The van der Waals surface area contributed by atoms with Crippen LogP contribution in [0.1, 0.15) is 34.1 Å². The molecule has 0 saturated carbocycles. The standard InChI is InChI=1S/C58H38N2/c1-3-16-38(17-4-1)54-47-21-9-10-22-48(47)55(39-18-5-2-6-19-39)58-50-31-30-45(46-23-13-24-49(56(46)50)57(54)58)43-34-42(41-29-28-37-15-7-8-20-40(37)33-41)35-44(36-43)51-26-14-27-53(60-51)52-25-11-12-32-59-52/h1-36,57-58H. The Bertz CT molecular complexity index is 3330. The van der Waals surface area contributed by atoms with Gasteiger partial charge in [-0.25, -0.2) is 4.98 Å². The third kappa shape index (κ3) is 5.56. The number of rotatable bonds is 6. The van der Waals surface area contributed by atoms with Crippen molar-refractivity contribution in [2.75, 3.05) is 0 Å². The highest BCUT2D eigenvalue weighted by atomic mass is 14.8. The molecule has 10 aromatic rings. The second-order valence-electron chi connectivity index (χ2n) is 16.0. The number of hydrogen-bond donors (Lipinski definition) is 0. The van der Waals surface area contributed by atoms with Gasteiger partial charge in [0.2, 0.25) is 0 Å². The van der Waals surface area contributed by atoms with Crippen molar-refractivity contribution in [2.45, 2.75) is 11.8 Å². The summed E-state index contributed by atoms with van der Waals surface area (Å²) in [6.45, 7) is 0. The predicted octanol–water partition coefficient (Wildman–Crippen LogP) is 12.7. The van der Waals surface area contributed by atoms with Crippen LogP contribution in [-0.2, 0) is 0 Å². The maximum absolute atomic E-state index is 5.21. The molecule has 2 unspecified atom stereocenters. The molecule has 2 heterocycles. The first kappa shape index (κ1) is 34.4. The van der Waals surface area contributed by atoms with E-state index < -0.39 is 0 Å². The van der Waals surface area contributed by atoms with Gasteiger partial charge >= 0.3 is 0 Å². The summed E-state index contributed by atoms with van der Waals surface area (Å²) in [6.07, 6.45) is 1.83. The SMILES string of the molecule is c1ccc(C2=c3ccccc3=C(c3ccccc3)C3c4ccc(-c5cc(-c6ccc7ccccc7c6)cc(-c6cccc(-c7ccccn7)n6)c5)c5cccc(c45)C23)cc1. The van der Waals surface area contributed by atoms with Crippen LogP contribution in [0, 0.1) is 0 Å². The summed E-state index contributed by atoms with van der Waals surface area (Å²) in [7, 11) is 0. The fraction of sp³-hybridized carbons (Fsp3) is 0.0345. The average Bonchev–Trinajstić information content (AvgIpc) is 3.66. The van der Waals surface area contributed by atoms with E-state index in [1.807, 2.05) is 30.5 Å². The van der Waals surface area contributed by atoms with Gasteiger partial charge in [-0.15, -0.1) is 0 Å². The van der Waals surface area contributed by atoms with Gasteiger partial charge in [-0.3, -0.25) is 4.98 Å². The Morgan fingerprint density at radius 3 is 1.67 bits per heavy atom. The number of nitrogens with zero attached hydrogens (tertiary/aromatic N) is 2. The van der Waals surface area contributed by atoms with Crippen LogP contribution in [0.25, 0.3) is 77.6 Å².